The van der Waals surface area contributed by atoms with Gasteiger partial charge in [-0.15, -0.1) is 0 Å². The minimum Gasteiger partial charge on any atom is -0.388 e. The third-order valence-corrected chi connectivity index (χ3v) is 5.30. The molecule has 0 saturated carbocycles. The van der Waals surface area contributed by atoms with Crippen LogP contribution in [-0.4, -0.2) is 38.2 Å². The number of benzene rings is 1. The van der Waals surface area contributed by atoms with Gasteiger partial charge in [-0.3, -0.25) is 4.90 Å². The van der Waals surface area contributed by atoms with Gasteiger partial charge in [-0.1, -0.05) is 29.3 Å². The van der Waals surface area contributed by atoms with Gasteiger partial charge in [0.25, 0.3) is 0 Å². The molecule has 1 N–H and O–H groups in total. The molecule has 0 bridgehead atoms. The Bertz CT molecular complexity index is 678. The predicted octanol–water partition coefficient (Wildman–Crippen LogP) is 3.53. The van der Waals surface area contributed by atoms with E-state index in [0.29, 0.717) is 16.6 Å². The molecule has 23 heavy (non-hydrogen) atoms. The summed E-state index contributed by atoms with van der Waals surface area (Å²) in [5, 5.41) is 12.0. The van der Waals surface area contributed by atoms with Gasteiger partial charge < -0.3 is 9.67 Å². The normalized spacial score (nSPS) is 18.3. The summed E-state index contributed by atoms with van der Waals surface area (Å²) >= 11 is 12.0. The van der Waals surface area contributed by atoms with E-state index in [-0.39, 0.29) is 0 Å². The predicted molar refractivity (Wildman–Crippen MR) is 92.9 cm³/mol. The molecule has 0 amide bonds. The van der Waals surface area contributed by atoms with Gasteiger partial charge in [0.05, 0.1) is 22.2 Å². The lowest BCUT2D eigenvalue weighted by molar-refractivity contribution is -0.0361. The molecule has 4 nitrogen and oxygen atoms in total. The van der Waals surface area contributed by atoms with E-state index in [1.807, 2.05) is 35.9 Å². The van der Waals surface area contributed by atoms with Gasteiger partial charge in [0.15, 0.2) is 0 Å². The number of imidazole rings is 1. The quantitative estimate of drug-likeness (QED) is 0.913. The van der Waals surface area contributed by atoms with Crippen molar-refractivity contribution in [2.75, 3.05) is 13.1 Å². The molecule has 1 aromatic heterocycles. The maximum absolute atomic E-state index is 10.8. The average molecular weight is 354 g/mol. The Kier molecular flexibility index (Phi) is 4.97. The number of likely N-dealkylation sites (tertiary alicyclic amines) is 1. The molecule has 1 aromatic carbocycles. The smallest absolute Gasteiger partial charge is 0.105 e. The summed E-state index contributed by atoms with van der Waals surface area (Å²) in [6.07, 6.45) is 5.21. The van der Waals surface area contributed by atoms with E-state index in [1.165, 1.54) is 0 Å². The number of halogens is 2. The topological polar surface area (TPSA) is 41.3 Å². The Morgan fingerprint density at radius 3 is 2.57 bits per heavy atom. The number of aromatic nitrogens is 2. The number of nitrogens with zero attached hydrogens (tertiary/aromatic N) is 3. The first kappa shape index (κ1) is 16.8. The fourth-order valence-corrected chi connectivity index (χ4v) is 3.39. The van der Waals surface area contributed by atoms with Crippen molar-refractivity contribution in [1.29, 1.82) is 0 Å². The number of aliphatic hydroxyl groups is 1. The number of rotatable bonds is 4. The highest BCUT2D eigenvalue weighted by Gasteiger charge is 2.32. The second kappa shape index (κ2) is 6.81. The average Bonchev–Trinajstić information content (AvgIpc) is 2.90. The SMILES string of the molecule is Cc1nccn1CC1(O)CCN(Cc2ccc(Cl)c(Cl)c2)CC1. The zero-order chi connectivity index (χ0) is 16.4. The molecular formula is C17H21Cl2N3O. The van der Waals surface area contributed by atoms with Crippen molar-refractivity contribution in [3.8, 4) is 0 Å². The van der Waals surface area contributed by atoms with E-state index >= 15 is 0 Å². The molecule has 0 radical (unpaired) electrons. The molecule has 1 saturated heterocycles. The fourth-order valence-electron chi connectivity index (χ4n) is 3.07. The third kappa shape index (κ3) is 4.07. The number of piperidine rings is 1. The molecule has 0 aliphatic carbocycles. The van der Waals surface area contributed by atoms with Crippen LogP contribution in [0.2, 0.25) is 10.0 Å². The van der Waals surface area contributed by atoms with E-state index in [1.54, 1.807) is 6.20 Å². The van der Waals surface area contributed by atoms with E-state index in [4.69, 9.17) is 23.2 Å². The summed E-state index contributed by atoms with van der Waals surface area (Å²) in [7, 11) is 0. The summed E-state index contributed by atoms with van der Waals surface area (Å²) in [6.45, 7) is 5.13. The van der Waals surface area contributed by atoms with Gasteiger partial charge in [0.2, 0.25) is 0 Å². The molecule has 0 atom stereocenters. The van der Waals surface area contributed by atoms with Crippen LogP contribution in [0.25, 0.3) is 0 Å². The number of hydrogen-bond donors (Lipinski definition) is 1. The Balaban J connectivity index is 1.57. The first-order valence-corrected chi connectivity index (χ1v) is 8.57. The minimum atomic E-state index is -0.653. The van der Waals surface area contributed by atoms with Gasteiger partial charge >= 0.3 is 0 Å². The van der Waals surface area contributed by atoms with E-state index in [9.17, 15) is 5.11 Å². The molecule has 1 aliphatic heterocycles. The summed E-state index contributed by atoms with van der Waals surface area (Å²) in [5.41, 5.74) is 0.495. The van der Waals surface area contributed by atoms with E-state index < -0.39 is 5.60 Å². The Morgan fingerprint density at radius 1 is 1.22 bits per heavy atom. The van der Waals surface area contributed by atoms with Gasteiger partial charge in [-0.25, -0.2) is 4.98 Å². The van der Waals surface area contributed by atoms with Crippen molar-refractivity contribution in [3.63, 3.8) is 0 Å². The maximum atomic E-state index is 10.8. The van der Waals surface area contributed by atoms with Gasteiger partial charge in [-0.2, -0.15) is 0 Å². The van der Waals surface area contributed by atoms with Gasteiger partial charge in [0.1, 0.15) is 5.82 Å². The summed E-state index contributed by atoms with van der Waals surface area (Å²) in [4.78, 5) is 6.56. The van der Waals surface area contributed by atoms with Gasteiger partial charge in [0, 0.05) is 32.0 Å². The van der Waals surface area contributed by atoms with E-state index in [0.717, 1.165) is 43.9 Å². The van der Waals surface area contributed by atoms with Crippen molar-refractivity contribution < 1.29 is 5.11 Å². The van der Waals surface area contributed by atoms with Crippen molar-refractivity contribution >= 4 is 23.2 Å². The first-order chi connectivity index (χ1) is 11.0. The first-order valence-electron chi connectivity index (χ1n) is 7.82. The summed E-state index contributed by atoms with van der Waals surface area (Å²) < 4.78 is 2.02. The molecule has 1 fully saturated rings. The summed E-state index contributed by atoms with van der Waals surface area (Å²) in [6, 6.07) is 5.75. The van der Waals surface area contributed by atoms with Crippen LogP contribution in [0.5, 0.6) is 0 Å². The number of aryl methyl sites for hydroxylation is 1. The molecule has 0 unspecified atom stereocenters. The lowest BCUT2D eigenvalue weighted by Crippen LogP contribution is -2.46. The molecule has 2 heterocycles. The maximum Gasteiger partial charge on any atom is 0.105 e. The summed E-state index contributed by atoms with van der Waals surface area (Å²) in [5.74, 6) is 0.941. The largest absolute Gasteiger partial charge is 0.388 e. The Labute approximate surface area is 146 Å². The van der Waals surface area contributed by atoms with Crippen LogP contribution in [0.1, 0.15) is 24.2 Å². The van der Waals surface area contributed by atoms with Crippen LogP contribution in [0, 0.1) is 6.92 Å². The second-order valence-corrected chi connectivity index (χ2v) is 7.17. The van der Waals surface area contributed by atoms with E-state index in [2.05, 4.69) is 9.88 Å². The van der Waals surface area contributed by atoms with Crippen LogP contribution in [0.3, 0.4) is 0 Å². The van der Waals surface area contributed by atoms with Gasteiger partial charge in [-0.05, 0) is 37.5 Å². The second-order valence-electron chi connectivity index (χ2n) is 6.35. The molecular weight excluding hydrogens is 333 g/mol. The monoisotopic (exact) mass is 353 g/mol. The molecule has 0 spiro atoms. The molecule has 6 heteroatoms. The highest BCUT2D eigenvalue weighted by Crippen LogP contribution is 2.27. The van der Waals surface area contributed by atoms with Crippen LogP contribution in [-0.2, 0) is 13.1 Å². The Hall–Kier alpha value is -1.07. The van der Waals surface area contributed by atoms with Crippen LogP contribution in [0.4, 0.5) is 0 Å². The highest BCUT2D eigenvalue weighted by atomic mass is 35.5. The zero-order valence-electron chi connectivity index (χ0n) is 13.2. The Morgan fingerprint density at radius 2 is 1.96 bits per heavy atom. The third-order valence-electron chi connectivity index (χ3n) is 4.57. The molecule has 124 valence electrons. The van der Waals surface area contributed by atoms with Crippen molar-refractivity contribution in [2.24, 2.45) is 0 Å². The lowest BCUT2D eigenvalue weighted by Gasteiger charge is -2.38. The van der Waals surface area contributed by atoms with Crippen molar-refractivity contribution in [2.45, 2.75) is 38.5 Å². The van der Waals surface area contributed by atoms with Crippen LogP contribution < -0.4 is 0 Å². The molecule has 1 aliphatic rings. The van der Waals surface area contributed by atoms with Crippen LogP contribution >= 0.6 is 23.2 Å². The molecule has 2 aromatic rings. The zero-order valence-corrected chi connectivity index (χ0v) is 14.7. The fraction of sp³-hybridized carbons (Fsp3) is 0.471. The van der Waals surface area contributed by atoms with Crippen molar-refractivity contribution in [3.05, 3.63) is 52.0 Å². The van der Waals surface area contributed by atoms with Crippen LogP contribution in [0.15, 0.2) is 30.6 Å². The highest BCUT2D eigenvalue weighted by molar-refractivity contribution is 6.42. The van der Waals surface area contributed by atoms with Crippen molar-refractivity contribution in [1.82, 2.24) is 14.5 Å². The lowest BCUT2D eigenvalue weighted by atomic mass is 9.91. The molecule has 3 rings (SSSR count). The number of hydrogen-bond acceptors (Lipinski definition) is 3. The minimum absolute atomic E-state index is 0.583. The standard InChI is InChI=1S/C17H21Cl2N3O/c1-13-20-6-9-22(13)12-17(23)4-7-21(8-5-17)11-14-2-3-15(18)16(19)10-14/h2-3,6,9-10,23H,4-5,7-8,11-12H2,1H3.